The summed E-state index contributed by atoms with van der Waals surface area (Å²) < 4.78 is 11.1. The number of hydrogen-bond donors (Lipinski definition) is 2. The third kappa shape index (κ3) is 8.91. The maximum absolute atomic E-state index is 12.1. The van der Waals surface area contributed by atoms with E-state index in [1.54, 1.807) is 24.3 Å². The van der Waals surface area contributed by atoms with Gasteiger partial charge in [-0.3, -0.25) is 4.79 Å². The molecule has 1 atom stereocenters. The number of aliphatic hydroxyl groups is 1. The first-order valence-electron chi connectivity index (χ1n) is 9.31. The predicted octanol–water partition coefficient (Wildman–Crippen LogP) is 3.40. The lowest BCUT2D eigenvalue weighted by molar-refractivity contribution is -0.142. The summed E-state index contributed by atoms with van der Waals surface area (Å²) in [5, 5.41) is 18.6. The normalized spacial score (nSPS) is 13.6. The molecule has 0 radical (unpaired) electrons. The molecule has 0 amide bonds. The Morgan fingerprint density at radius 3 is 2.07 bits per heavy atom. The van der Waals surface area contributed by atoms with Crippen molar-refractivity contribution in [2.45, 2.75) is 59.7 Å². The molecule has 0 aromatic heterocycles. The van der Waals surface area contributed by atoms with Crippen LogP contribution in [-0.2, 0) is 14.3 Å². The van der Waals surface area contributed by atoms with Gasteiger partial charge in [0.15, 0.2) is 5.78 Å². The molecule has 2 N–H and O–H groups in total. The Hall–Kier alpha value is -2.67. The fraction of sp³-hybridized carbons (Fsp3) is 0.500. The molecule has 1 rings (SSSR count). The van der Waals surface area contributed by atoms with Gasteiger partial charge in [-0.2, -0.15) is 0 Å². The second-order valence-electron chi connectivity index (χ2n) is 8.68. The number of ether oxygens (including phenoxy) is 2. The van der Waals surface area contributed by atoms with Crippen molar-refractivity contribution in [1.82, 2.24) is 0 Å². The number of aliphatic carboxylic acids is 1. The maximum Gasteiger partial charge on any atom is 0.334 e. The molecule has 0 aliphatic heterocycles. The number of esters is 1. The quantitative estimate of drug-likeness (QED) is 0.367. The van der Waals surface area contributed by atoms with E-state index in [2.05, 4.69) is 0 Å². The summed E-state index contributed by atoms with van der Waals surface area (Å²) >= 11 is 0. The van der Waals surface area contributed by atoms with Crippen LogP contribution >= 0.6 is 0 Å². The van der Waals surface area contributed by atoms with Gasteiger partial charge in [0.25, 0.3) is 0 Å². The van der Waals surface area contributed by atoms with E-state index < -0.39 is 29.4 Å². The largest absolute Gasteiger partial charge is 0.487 e. The van der Waals surface area contributed by atoms with Crippen molar-refractivity contribution in [3.8, 4) is 5.75 Å². The Morgan fingerprint density at radius 2 is 1.62 bits per heavy atom. The summed E-state index contributed by atoms with van der Waals surface area (Å²) in [5.74, 6) is -1.85. The number of carbonyl (C=O) groups excluding carboxylic acids is 2. The molecule has 0 saturated carbocycles. The number of benzene rings is 1. The predicted molar refractivity (Wildman–Crippen MR) is 108 cm³/mol. The number of carbonyl (C=O) groups is 3. The number of carboxylic acid groups (broad SMARTS) is 1. The number of rotatable bonds is 9. The number of ketones is 1. The van der Waals surface area contributed by atoms with Crippen LogP contribution in [0.15, 0.2) is 35.9 Å². The number of carboxylic acids is 1. The van der Waals surface area contributed by atoms with E-state index in [1.807, 2.05) is 20.8 Å². The van der Waals surface area contributed by atoms with Crippen molar-refractivity contribution in [2.24, 2.45) is 5.41 Å². The van der Waals surface area contributed by atoms with Gasteiger partial charge in [-0.05, 0) is 56.9 Å². The summed E-state index contributed by atoms with van der Waals surface area (Å²) in [4.78, 5) is 34.7. The van der Waals surface area contributed by atoms with Crippen LogP contribution in [0.1, 0.15) is 58.3 Å². The van der Waals surface area contributed by atoms with E-state index in [0.29, 0.717) is 17.7 Å². The minimum Gasteiger partial charge on any atom is -0.487 e. The highest BCUT2D eigenvalue weighted by molar-refractivity contribution is 6.01. The van der Waals surface area contributed by atoms with Crippen LogP contribution in [0.2, 0.25) is 0 Å². The first-order valence-corrected chi connectivity index (χ1v) is 9.31. The fourth-order valence-electron chi connectivity index (χ4n) is 2.57. The van der Waals surface area contributed by atoms with E-state index in [1.165, 1.54) is 20.8 Å². The van der Waals surface area contributed by atoms with Crippen LogP contribution in [0.25, 0.3) is 0 Å². The standard InChI is InChI=1S/C22H30O7/c1-14(11-18(23)24)20(26)28-13-17(12-21(2,3)4)29-16-9-7-15(8-10-16)19(25)22(5,6)27/h7-11,17,27H,12-13H2,1-6H3,(H,23,24)/b14-11-. The molecule has 1 aromatic carbocycles. The zero-order valence-electron chi connectivity index (χ0n) is 17.8. The Balaban J connectivity index is 2.87. The Labute approximate surface area is 171 Å². The van der Waals surface area contributed by atoms with Crippen molar-refractivity contribution >= 4 is 17.7 Å². The average Bonchev–Trinajstić information content (AvgIpc) is 2.56. The zero-order valence-corrected chi connectivity index (χ0v) is 17.8. The maximum atomic E-state index is 12.1. The van der Waals surface area contributed by atoms with E-state index in [0.717, 1.165) is 6.08 Å². The van der Waals surface area contributed by atoms with Gasteiger partial charge in [0.05, 0.1) is 0 Å². The highest BCUT2D eigenvalue weighted by Crippen LogP contribution is 2.25. The Bertz CT molecular complexity index is 762. The first-order chi connectivity index (χ1) is 13.2. The van der Waals surface area contributed by atoms with Crippen molar-refractivity contribution in [3.63, 3.8) is 0 Å². The molecule has 1 unspecified atom stereocenters. The number of Topliss-reactive ketones (excluding diaryl/α,β-unsaturated/α-hetero) is 1. The van der Waals surface area contributed by atoms with Gasteiger partial charge in [0, 0.05) is 17.2 Å². The first kappa shape index (κ1) is 24.4. The van der Waals surface area contributed by atoms with Gasteiger partial charge >= 0.3 is 11.9 Å². The van der Waals surface area contributed by atoms with Crippen molar-refractivity contribution in [1.29, 1.82) is 0 Å². The van der Waals surface area contributed by atoms with E-state index in [-0.39, 0.29) is 17.6 Å². The molecule has 0 aliphatic rings. The molecule has 0 fully saturated rings. The third-order valence-corrected chi connectivity index (χ3v) is 3.88. The van der Waals surface area contributed by atoms with Gasteiger partial charge in [-0.25, -0.2) is 9.59 Å². The molecule has 0 aliphatic carbocycles. The lowest BCUT2D eigenvalue weighted by Gasteiger charge is -2.26. The topological polar surface area (TPSA) is 110 Å². The van der Waals surface area contributed by atoms with Gasteiger partial charge in [0.2, 0.25) is 0 Å². The molecule has 7 nitrogen and oxygen atoms in total. The monoisotopic (exact) mass is 406 g/mol. The lowest BCUT2D eigenvalue weighted by Crippen LogP contribution is -2.31. The summed E-state index contributed by atoms with van der Waals surface area (Å²) in [6.07, 6.45) is 0.902. The average molecular weight is 406 g/mol. The molecule has 7 heteroatoms. The molecule has 0 spiro atoms. The Morgan fingerprint density at radius 1 is 1.07 bits per heavy atom. The number of hydrogen-bond acceptors (Lipinski definition) is 6. The SMILES string of the molecule is C/C(=C/C(=O)O)C(=O)OCC(CC(C)(C)C)Oc1ccc(C(=O)C(C)(C)O)cc1. The van der Waals surface area contributed by atoms with Crippen LogP contribution < -0.4 is 4.74 Å². The molecule has 29 heavy (non-hydrogen) atoms. The molecule has 0 heterocycles. The summed E-state index contributed by atoms with van der Waals surface area (Å²) in [6, 6.07) is 6.36. The highest BCUT2D eigenvalue weighted by atomic mass is 16.6. The van der Waals surface area contributed by atoms with E-state index in [9.17, 15) is 19.5 Å². The second kappa shape index (κ2) is 9.69. The van der Waals surface area contributed by atoms with Crippen molar-refractivity contribution < 1.29 is 34.1 Å². The van der Waals surface area contributed by atoms with Crippen LogP contribution in [0.5, 0.6) is 5.75 Å². The van der Waals surface area contributed by atoms with Gasteiger partial charge in [0.1, 0.15) is 24.1 Å². The zero-order chi connectivity index (χ0) is 22.4. The second-order valence-corrected chi connectivity index (χ2v) is 8.68. The van der Waals surface area contributed by atoms with Gasteiger partial charge in [-0.15, -0.1) is 0 Å². The van der Waals surface area contributed by atoms with E-state index in [4.69, 9.17) is 14.6 Å². The van der Waals surface area contributed by atoms with Crippen LogP contribution in [0.4, 0.5) is 0 Å². The van der Waals surface area contributed by atoms with Crippen LogP contribution in [0, 0.1) is 5.41 Å². The molecular formula is C22H30O7. The molecular weight excluding hydrogens is 376 g/mol. The molecule has 0 bridgehead atoms. The molecule has 0 saturated heterocycles. The summed E-state index contributed by atoms with van der Waals surface area (Å²) in [6.45, 7) is 10.2. The van der Waals surface area contributed by atoms with Crippen molar-refractivity contribution in [2.75, 3.05) is 6.61 Å². The molecule has 160 valence electrons. The van der Waals surface area contributed by atoms with Crippen LogP contribution in [-0.4, -0.2) is 46.2 Å². The minimum absolute atomic E-state index is 0.0125. The fourth-order valence-corrected chi connectivity index (χ4v) is 2.57. The third-order valence-electron chi connectivity index (χ3n) is 3.88. The summed E-state index contributed by atoms with van der Waals surface area (Å²) in [5.41, 5.74) is -1.23. The van der Waals surface area contributed by atoms with Crippen LogP contribution in [0.3, 0.4) is 0 Å². The van der Waals surface area contributed by atoms with Crippen molar-refractivity contribution in [3.05, 3.63) is 41.5 Å². The minimum atomic E-state index is -1.47. The lowest BCUT2D eigenvalue weighted by atomic mass is 9.89. The molecule has 1 aromatic rings. The highest BCUT2D eigenvalue weighted by Gasteiger charge is 2.26. The van der Waals surface area contributed by atoms with Gasteiger partial charge in [-0.1, -0.05) is 20.8 Å². The smallest absolute Gasteiger partial charge is 0.334 e. The van der Waals surface area contributed by atoms with E-state index >= 15 is 0 Å². The van der Waals surface area contributed by atoms with Gasteiger partial charge < -0.3 is 19.7 Å². The summed E-state index contributed by atoms with van der Waals surface area (Å²) in [7, 11) is 0. The Kier molecular flexibility index (Phi) is 8.15.